The van der Waals surface area contributed by atoms with Gasteiger partial charge in [0.1, 0.15) is 12.1 Å². The van der Waals surface area contributed by atoms with E-state index in [4.69, 9.17) is 0 Å². The van der Waals surface area contributed by atoms with Crippen LogP contribution >= 0.6 is 0 Å². The van der Waals surface area contributed by atoms with Crippen LogP contribution in [0.3, 0.4) is 0 Å². The minimum Gasteiger partial charge on any atom is -0.325 e. The Labute approximate surface area is 213 Å². The van der Waals surface area contributed by atoms with E-state index in [0.717, 1.165) is 28.8 Å². The zero-order chi connectivity index (χ0) is 25.7. The molecule has 2 aliphatic heterocycles. The van der Waals surface area contributed by atoms with Gasteiger partial charge in [-0.2, -0.15) is 0 Å². The first kappa shape index (κ1) is 23.8. The lowest BCUT2D eigenvalue weighted by molar-refractivity contribution is -0.123. The first-order valence-corrected chi connectivity index (χ1v) is 12.2. The van der Waals surface area contributed by atoms with Crippen molar-refractivity contribution in [3.05, 3.63) is 59.2 Å². The van der Waals surface area contributed by atoms with Crippen LogP contribution in [0.5, 0.6) is 0 Å². The molecule has 6 amide bonds. The molecule has 9 nitrogen and oxygen atoms in total. The van der Waals surface area contributed by atoms with E-state index < -0.39 is 11.6 Å². The minimum absolute atomic E-state index is 0. The van der Waals surface area contributed by atoms with Crippen molar-refractivity contribution in [1.29, 1.82) is 0 Å². The van der Waals surface area contributed by atoms with Gasteiger partial charge in [0.25, 0.3) is 5.91 Å². The van der Waals surface area contributed by atoms with Crippen molar-refractivity contribution in [2.24, 2.45) is 5.41 Å². The summed E-state index contributed by atoms with van der Waals surface area (Å²) in [5.41, 5.74) is 3.35. The van der Waals surface area contributed by atoms with Crippen LogP contribution in [0, 0.1) is 5.41 Å². The highest BCUT2D eigenvalue weighted by Crippen LogP contribution is 2.34. The molecule has 0 aromatic heterocycles. The topological polar surface area (TPSA) is 111 Å². The Morgan fingerprint density at radius 1 is 1.06 bits per heavy atom. The fourth-order valence-corrected chi connectivity index (χ4v) is 5.13. The number of nitrogens with one attached hydrogen (secondary N) is 3. The fourth-order valence-electron chi connectivity index (χ4n) is 5.13. The van der Waals surface area contributed by atoms with Crippen LogP contribution in [-0.4, -0.2) is 47.4 Å². The number of nitrogens with zero attached hydrogens (tertiary/aromatic N) is 2. The molecule has 2 aromatic rings. The van der Waals surface area contributed by atoms with E-state index in [9.17, 15) is 19.2 Å². The van der Waals surface area contributed by atoms with Gasteiger partial charge >= 0.3 is 12.1 Å². The van der Waals surface area contributed by atoms with Crippen LogP contribution < -0.4 is 20.9 Å². The van der Waals surface area contributed by atoms with Gasteiger partial charge in [-0.25, -0.2) is 9.59 Å². The molecule has 2 aromatic carbocycles. The summed E-state index contributed by atoms with van der Waals surface area (Å²) in [7, 11) is 0. The van der Waals surface area contributed by atoms with E-state index in [2.05, 4.69) is 36.7 Å². The molecule has 1 unspecified atom stereocenters. The van der Waals surface area contributed by atoms with Gasteiger partial charge < -0.3 is 15.5 Å². The number of hydrogen-bond donors (Lipinski definition) is 3. The number of imide groups is 1. The van der Waals surface area contributed by atoms with Gasteiger partial charge in [-0.05, 0) is 46.7 Å². The Bertz CT molecular complexity index is 1280. The highest BCUT2D eigenvalue weighted by atomic mass is 16.2. The summed E-state index contributed by atoms with van der Waals surface area (Å²) in [6, 6.07) is 12.5. The zero-order valence-electron chi connectivity index (χ0n) is 20.8. The van der Waals surface area contributed by atoms with E-state index in [1.54, 1.807) is 11.0 Å². The lowest BCUT2D eigenvalue weighted by Gasteiger charge is -2.37. The predicted octanol–water partition coefficient (Wildman–Crippen LogP) is 3.67. The van der Waals surface area contributed by atoms with Crippen LogP contribution in [0.1, 0.15) is 46.7 Å². The maximum absolute atomic E-state index is 13.3. The summed E-state index contributed by atoms with van der Waals surface area (Å²) in [4.78, 5) is 53.7. The molecule has 0 radical (unpaired) electrons. The Morgan fingerprint density at radius 3 is 2.53 bits per heavy atom. The van der Waals surface area contributed by atoms with E-state index >= 15 is 0 Å². The molecule has 3 aliphatic rings. The summed E-state index contributed by atoms with van der Waals surface area (Å²) < 4.78 is 0. The Hall–Kier alpha value is -3.88. The first-order valence-electron chi connectivity index (χ1n) is 12.2. The molecule has 0 bridgehead atoms. The normalized spacial score (nSPS) is 20.8. The van der Waals surface area contributed by atoms with E-state index in [0.29, 0.717) is 31.6 Å². The third kappa shape index (κ3) is 4.53. The number of fused-ring (bicyclic) bond motifs is 2. The second-order valence-corrected chi connectivity index (χ2v) is 11.1. The van der Waals surface area contributed by atoms with Gasteiger partial charge in [0.05, 0.1) is 5.69 Å². The van der Waals surface area contributed by atoms with Crippen LogP contribution in [0.2, 0.25) is 0 Å². The number of para-hydroxylation sites is 1. The van der Waals surface area contributed by atoms with Crippen molar-refractivity contribution in [2.45, 2.75) is 52.1 Å². The second-order valence-electron chi connectivity index (χ2n) is 11.1. The molecule has 1 saturated heterocycles. The quantitative estimate of drug-likeness (QED) is 0.552. The molecule has 2 heterocycles. The number of rotatable bonds is 5. The molecular weight excluding hydrogens is 458 g/mol. The number of anilines is 2. The molecule has 1 atom stereocenters. The number of amides is 6. The molecular formula is C27H35N5O4. The molecule has 1 aliphatic carbocycles. The first-order chi connectivity index (χ1) is 17.0. The Morgan fingerprint density at radius 2 is 1.81 bits per heavy atom. The van der Waals surface area contributed by atoms with Crippen LogP contribution in [0.25, 0.3) is 0 Å². The molecule has 36 heavy (non-hydrogen) atoms. The summed E-state index contributed by atoms with van der Waals surface area (Å²) in [6.45, 7) is 7.47. The van der Waals surface area contributed by atoms with Crippen molar-refractivity contribution in [3.63, 3.8) is 0 Å². The lowest BCUT2D eigenvalue weighted by atomic mass is 9.92. The van der Waals surface area contributed by atoms with Gasteiger partial charge in [-0.15, -0.1) is 0 Å². The number of hydrogen-bond acceptors (Lipinski definition) is 4. The minimum atomic E-state index is -0.956. The highest BCUT2D eigenvalue weighted by molar-refractivity contribution is 6.08. The molecule has 1 spiro atoms. The molecule has 0 saturated carbocycles. The SMILES string of the molecule is CC(C)(C)CCN1Cc2ccccc2N(CC(=O)Nc2ccc3c(c2)CC2(C3)NC(=O)NC2=O)C1=O.[HH].[HH]. The Balaban J connectivity index is 0.00000200. The number of carbonyl (C=O) groups is 4. The number of carbonyl (C=O) groups excluding carboxylic acids is 4. The lowest BCUT2D eigenvalue weighted by Crippen LogP contribution is -2.50. The van der Waals surface area contributed by atoms with Crippen molar-refractivity contribution in [3.8, 4) is 0 Å². The molecule has 9 heteroatoms. The molecule has 5 rings (SSSR count). The number of urea groups is 2. The maximum atomic E-state index is 13.3. The highest BCUT2D eigenvalue weighted by Gasteiger charge is 2.50. The molecule has 3 N–H and O–H groups in total. The van der Waals surface area contributed by atoms with Gasteiger partial charge in [0.2, 0.25) is 5.91 Å². The van der Waals surface area contributed by atoms with Crippen molar-refractivity contribution in [2.75, 3.05) is 23.3 Å². The van der Waals surface area contributed by atoms with E-state index in [1.165, 1.54) is 4.90 Å². The molecule has 1 fully saturated rings. The van der Waals surface area contributed by atoms with E-state index in [1.807, 2.05) is 36.4 Å². The fraction of sp³-hybridized carbons (Fsp3) is 0.407. The van der Waals surface area contributed by atoms with Crippen molar-refractivity contribution in [1.82, 2.24) is 15.5 Å². The van der Waals surface area contributed by atoms with Gasteiger partial charge in [0.15, 0.2) is 0 Å². The van der Waals surface area contributed by atoms with Crippen LogP contribution in [0.4, 0.5) is 21.0 Å². The third-order valence-corrected chi connectivity index (χ3v) is 7.07. The van der Waals surface area contributed by atoms with Gasteiger partial charge in [-0.1, -0.05) is 45.0 Å². The second kappa shape index (κ2) is 8.65. The zero-order valence-corrected chi connectivity index (χ0v) is 20.8. The largest absolute Gasteiger partial charge is 0.325 e. The standard InChI is InChI=1S/C27H31N5O4.2H2/c1-26(2,3)10-11-31-15-18-6-4-5-7-21(18)32(25(31)36)16-22(33)28-20-9-8-17-13-27(14-19(17)12-20)23(34)29-24(35)30-27;;/h4-9,12H,10-11,13-16H2,1-3H3,(H,28,33)(H2,29,30,34,35);2*1H. The predicted molar refractivity (Wildman–Crippen MR) is 140 cm³/mol. The van der Waals surface area contributed by atoms with Crippen molar-refractivity contribution < 1.29 is 22.0 Å². The van der Waals surface area contributed by atoms with Crippen LogP contribution in [0.15, 0.2) is 42.5 Å². The average molecular weight is 494 g/mol. The maximum Gasteiger partial charge on any atom is 0.325 e. The summed E-state index contributed by atoms with van der Waals surface area (Å²) in [5.74, 6) is -0.636. The van der Waals surface area contributed by atoms with Crippen LogP contribution in [-0.2, 0) is 29.0 Å². The number of benzene rings is 2. The van der Waals surface area contributed by atoms with Crippen molar-refractivity contribution >= 4 is 35.3 Å². The Kier molecular flexibility index (Phi) is 5.73. The summed E-state index contributed by atoms with van der Waals surface area (Å²) in [5, 5.41) is 7.95. The molecule has 192 valence electrons. The average Bonchev–Trinajstić information content (AvgIpc) is 3.30. The third-order valence-electron chi connectivity index (χ3n) is 7.07. The van der Waals surface area contributed by atoms with E-state index in [-0.39, 0.29) is 32.7 Å². The smallest absolute Gasteiger partial charge is 0.325 e. The van der Waals surface area contributed by atoms with Gasteiger partial charge in [-0.3, -0.25) is 19.8 Å². The monoisotopic (exact) mass is 493 g/mol. The summed E-state index contributed by atoms with van der Waals surface area (Å²) in [6.07, 6.45) is 1.64. The van der Waals surface area contributed by atoms with Gasteiger partial charge in [0, 0.05) is 34.5 Å². The summed E-state index contributed by atoms with van der Waals surface area (Å²) >= 11 is 0.